The van der Waals surface area contributed by atoms with Gasteiger partial charge in [-0.3, -0.25) is 0 Å². The normalized spacial score (nSPS) is 12.3. The van der Waals surface area contributed by atoms with Gasteiger partial charge >= 0.3 is 0 Å². The minimum atomic E-state index is 0.927. The first-order valence-corrected chi connectivity index (χ1v) is 13.4. The van der Waals surface area contributed by atoms with Gasteiger partial charge in [0.1, 0.15) is 11.5 Å². The van der Waals surface area contributed by atoms with E-state index >= 15 is 0 Å². The van der Waals surface area contributed by atoms with Crippen LogP contribution in [0, 0.1) is 0 Å². The fourth-order valence-electron chi connectivity index (χ4n) is 6.63. The van der Waals surface area contributed by atoms with Gasteiger partial charge in [-0.25, -0.2) is 0 Å². The second kappa shape index (κ2) is 7.69. The Morgan fingerprint density at radius 2 is 0.897 bits per heavy atom. The van der Waals surface area contributed by atoms with Gasteiger partial charge in [0.25, 0.3) is 0 Å². The lowest BCUT2D eigenvalue weighted by Gasteiger charge is -2.25. The van der Waals surface area contributed by atoms with Crippen LogP contribution in [0.1, 0.15) is 0 Å². The maximum atomic E-state index is 6.85. The fourth-order valence-corrected chi connectivity index (χ4v) is 6.63. The van der Waals surface area contributed by atoms with E-state index in [-0.39, 0.29) is 0 Å². The van der Waals surface area contributed by atoms with Crippen molar-refractivity contribution in [2.45, 2.75) is 0 Å². The first-order chi connectivity index (χ1) is 19.3. The molecule has 1 nitrogen and oxygen atoms in total. The second-order valence-electron chi connectivity index (χ2n) is 10.5. The molecule has 1 aliphatic rings. The highest BCUT2D eigenvalue weighted by molar-refractivity contribution is 6.18. The Balaban J connectivity index is 1.35. The maximum absolute atomic E-state index is 6.85. The first kappa shape index (κ1) is 20.9. The molecule has 0 N–H and O–H groups in total. The van der Waals surface area contributed by atoms with Crippen molar-refractivity contribution in [3.8, 4) is 33.8 Å². The molecule has 0 radical (unpaired) electrons. The highest BCUT2D eigenvalue weighted by Crippen LogP contribution is 2.52. The summed E-state index contributed by atoms with van der Waals surface area (Å²) in [5, 5.41) is 12.4. The summed E-state index contributed by atoms with van der Waals surface area (Å²) in [7, 11) is 0. The van der Waals surface area contributed by atoms with Crippen molar-refractivity contribution in [3.05, 3.63) is 133 Å². The molecule has 0 fully saturated rings. The van der Waals surface area contributed by atoms with E-state index in [0.717, 1.165) is 22.6 Å². The van der Waals surface area contributed by atoms with Gasteiger partial charge in [-0.15, -0.1) is 0 Å². The van der Waals surface area contributed by atoms with E-state index in [1.165, 1.54) is 65.0 Å². The molecule has 0 unspecified atom stereocenters. The van der Waals surface area contributed by atoms with Crippen molar-refractivity contribution in [2.75, 3.05) is 0 Å². The average Bonchev–Trinajstić information content (AvgIpc) is 3.00. The number of para-hydroxylation sites is 1. The molecule has 0 saturated carbocycles. The number of fused-ring (bicyclic) bond motifs is 8. The lowest BCUT2D eigenvalue weighted by atomic mass is 9.88. The van der Waals surface area contributed by atoms with Gasteiger partial charge in [-0.05, 0) is 77.8 Å². The molecule has 0 saturated heterocycles. The van der Waals surface area contributed by atoms with Gasteiger partial charge < -0.3 is 4.74 Å². The molecular weight excluding hydrogens is 472 g/mol. The number of ether oxygens (including phenoxy) is 1. The summed E-state index contributed by atoms with van der Waals surface area (Å²) in [4.78, 5) is 0. The molecule has 0 aromatic heterocycles. The first-order valence-electron chi connectivity index (χ1n) is 13.4. The standard InChI is InChI=1S/C38H22O/c1-3-11-27-23(8-1)18-19-26-20-24-10-5-13-29(35(24)22-34(26)27)32-16-7-17-33-31-15-6-14-30-28-12-4-2-9-25(28)21-36(37(30)31)39-38(32)33/h1-22H. The molecule has 9 rings (SSSR count). The van der Waals surface area contributed by atoms with Crippen LogP contribution < -0.4 is 4.74 Å². The molecule has 39 heavy (non-hydrogen) atoms. The van der Waals surface area contributed by atoms with Crippen LogP contribution in [-0.2, 0) is 0 Å². The smallest absolute Gasteiger partial charge is 0.143 e. The Morgan fingerprint density at radius 1 is 0.333 bits per heavy atom. The van der Waals surface area contributed by atoms with Gasteiger partial charge in [0, 0.05) is 16.5 Å². The van der Waals surface area contributed by atoms with E-state index in [4.69, 9.17) is 4.74 Å². The fraction of sp³-hybridized carbons (Fsp3) is 0. The molecule has 0 aliphatic carbocycles. The third-order valence-corrected chi connectivity index (χ3v) is 8.40. The van der Waals surface area contributed by atoms with Crippen LogP contribution in [0.3, 0.4) is 0 Å². The van der Waals surface area contributed by atoms with Crippen molar-refractivity contribution >= 4 is 53.9 Å². The Labute approximate surface area is 225 Å². The molecular formula is C38H22O. The number of benzene rings is 8. The van der Waals surface area contributed by atoms with Crippen molar-refractivity contribution in [3.63, 3.8) is 0 Å². The van der Waals surface area contributed by atoms with Crippen molar-refractivity contribution in [1.29, 1.82) is 0 Å². The Bertz CT molecular complexity index is 2310. The Morgan fingerprint density at radius 3 is 1.79 bits per heavy atom. The van der Waals surface area contributed by atoms with E-state index in [1.54, 1.807) is 0 Å². The Kier molecular flexibility index (Phi) is 4.11. The summed E-state index contributed by atoms with van der Waals surface area (Å²) >= 11 is 0. The van der Waals surface area contributed by atoms with Crippen LogP contribution in [-0.4, -0.2) is 0 Å². The van der Waals surface area contributed by atoms with E-state index in [9.17, 15) is 0 Å². The van der Waals surface area contributed by atoms with Gasteiger partial charge in [-0.2, -0.15) is 0 Å². The second-order valence-corrected chi connectivity index (χ2v) is 10.5. The molecule has 1 heteroatoms. The van der Waals surface area contributed by atoms with E-state index in [0.29, 0.717) is 0 Å². The highest BCUT2D eigenvalue weighted by atomic mass is 16.5. The average molecular weight is 495 g/mol. The molecule has 1 heterocycles. The quantitative estimate of drug-likeness (QED) is 0.163. The van der Waals surface area contributed by atoms with Crippen LogP contribution >= 0.6 is 0 Å². The molecule has 0 amide bonds. The van der Waals surface area contributed by atoms with Crippen molar-refractivity contribution in [1.82, 2.24) is 0 Å². The summed E-state index contributed by atoms with van der Waals surface area (Å²) in [5.74, 6) is 1.86. The summed E-state index contributed by atoms with van der Waals surface area (Å²) in [5.41, 5.74) is 4.68. The zero-order chi connectivity index (χ0) is 25.5. The molecule has 8 aromatic rings. The molecule has 8 aromatic carbocycles. The maximum Gasteiger partial charge on any atom is 0.143 e. The van der Waals surface area contributed by atoms with E-state index in [2.05, 4.69) is 133 Å². The minimum Gasteiger partial charge on any atom is -0.455 e. The summed E-state index contributed by atoms with van der Waals surface area (Å²) in [6, 6.07) is 48.3. The van der Waals surface area contributed by atoms with Crippen LogP contribution in [0.4, 0.5) is 0 Å². The number of hydrogen-bond donors (Lipinski definition) is 0. The topological polar surface area (TPSA) is 9.23 Å². The molecule has 1 aliphatic heterocycles. The molecule has 0 atom stereocenters. The highest BCUT2D eigenvalue weighted by Gasteiger charge is 2.24. The summed E-state index contributed by atoms with van der Waals surface area (Å²) in [6.07, 6.45) is 0. The van der Waals surface area contributed by atoms with Gasteiger partial charge in [0.2, 0.25) is 0 Å². The zero-order valence-corrected chi connectivity index (χ0v) is 21.1. The summed E-state index contributed by atoms with van der Waals surface area (Å²) in [6.45, 7) is 0. The van der Waals surface area contributed by atoms with E-state index < -0.39 is 0 Å². The third-order valence-electron chi connectivity index (χ3n) is 8.40. The molecule has 180 valence electrons. The predicted molar refractivity (Wildman–Crippen MR) is 165 cm³/mol. The lowest BCUT2D eigenvalue weighted by Crippen LogP contribution is -1.99. The van der Waals surface area contributed by atoms with Crippen molar-refractivity contribution < 1.29 is 4.74 Å². The minimum absolute atomic E-state index is 0.927. The van der Waals surface area contributed by atoms with Crippen LogP contribution in [0.2, 0.25) is 0 Å². The third kappa shape index (κ3) is 2.90. The van der Waals surface area contributed by atoms with Gasteiger partial charge in [0.05, 0.1) is 0 Å². The molecule has 0 spiro atoms. The van der Waals surface area contributed by atoms with E-state index in [1.807, 2.05) is 0 Å². The molecule has 0 bridgehead atoms. The largest absolute Gasteiger partial charge is 0.455 e. The predicted octanol–water partition coefficient (Wildman–Crippen LogP) is 10.9. The van der Waals surface area contributed by atoms with Gasteiger partial charge in [0.15, 0.2) is 0 Å². The van der Waals surface area contributed by atoms with Crippen molar-refractivity contribution in [2.24, 2.45) is 0 Å². The number of hydrogen-bond acceptors (Lipinski definition) is 1. The monoisotopic (exact) mass is 494 g/mol. The van der Waals surface area contributed by atoms with Crippen LogP contribution in [0.15, 0.2) is 133 Å². The zero-order valence-electron chi connectivity index (χ0n) is 21.1. The van der Waals surface area contributed by atoms with Crippen LogP contribution in [0.5, 0.6) is 11.5 Å². The lowest BCUT2D eigenvalue weighted by molar-refractivity contribution is 0.489. The van der Waals surface area contributed by atoms with Crippen LogP contribution in [0.25, 0.3) is 76.1 Å². The van der Waals surface area contributed by atoms with Gasteiger partial charge in [-0.1, -0.05) is 115 Å². The number of rotatable bonds is 1. The Hall–Kier alpha value is -5.14. The SMILES string of the molecule is c1cc(-c2cccc3cc4ccc5ccccc5c4cc23)c2c(c1)-c1cccc3c1c(cc1ccccc13)O2. The summed E-state index contributed by atoms with van der Waals surface area (Å²) < 4.78 is 6.85.